The van der Waals surface area contributed by atoms with Gasteiger partial charge >= 0.3 is 5.97 Å². The predicted molar refractivity (Wildman–Crippen MR) is 155 cm³/mol. The number of esters is 1. The number of aryl methyl sites for hydroxylation is 1. The van der Waals surface area contributed by atoms with Gasteiger partial charge in [-0.3, -0.25) is 14.0 Å². The molecule has 0 saturated heterocycles. The molecule has 0 spiro atoms. The normalized spacial score (nSPS) is 11.7. The Morgan fingerprint density at radius 1 is 1.02 bits per heavy atom. The van der Waals surface area contributed by atoms with Crippen molar-refractivity contribution in [1.29, 1.82) is 0 Å². The molecular weight excluding hydrogens is 544 g/mol. The average Bonchev–Trinajstić information content (AvgIpc) is 2.99. The monoisotopic (exact) mass is 578 g/mol. The van der Waals surface area contributed by atoms with Gasteiger partial charge in [-0.25, -0.2) is 9.78 Å². The predicted octanol–water partition coefficient (Wildman–Crippen LogP) is 3.41. The molecule has 12 nitrogen and oxygen atoms in total. The van der Waals surface area contributed by atoms with Crippen molar-refractivity contribution in [2.45, 2.75) is 39.8 Å². The minimum atomic E-state index is -0.736. The van der Waals surface area contributed by atoms with Gasteiger partial charge in [0.25, 0.3) is 11.5 Å². The molecule has 1 amide bonds. The number of fused-ring (bicyclic) bond motifs is 2. The highest BCUT2D eigenvalue weighted by molar-refractivity contribution is 5.98. The maximum Gasteiger partial charge on any atom is 0.341 e. The Morgan fingerprint density at radius 2 is 1.74 bits per heavy atom. The number of carbonyl (C=O) groups excluding carboxylic acids is 2. The third kappa shape index (κ3) is 6.13. The van der Waals surface area contributed by atoms with Crippen molar-refractivity contribution in [3.63, 3.8) is 0 Å². The zero-order valence-electron chi connectivity index (χ0n) is 24.5. The highest BCUT2D eigenvalue weighted by Gasteiger charge is 2.22. The van der Waals surface area contributed by atoms with Crippen LogP contribution in [-0.4, -0.2) is 66.5 Å². The number of pyridine rings is 2. The van der Waals surface area contributed by atoms with Gasteiger partial charge in [-0.05, 0) is 57.5 Å². The Morgan fingerprint density at radius 3 is 2.36 bits per heavy atom. The van der Waals surface area contributed by atoms with E-state index in [2.05, 4.69) is 4.99 Å². The minimum Gasteiger partial charge on any atom is -0.493 e. The van der Waals surface area contributed by atoms with Crippen LogP contribution < -0.4 is 25.3 Å². The van der Waals surface area contributed by atoms with Crippen LogP contribution in [0, 0.1) is 0 Å². The molecule has 4 aromatic rings. The van der Waals surface area contributed by atoms with Gasteiger partial charge in [0.2, 0.25) is 5.75 Å². The van der Waals surface area contributed by atoms with Crippen LogP contribution in [-0.2, 0) is 16.0 Å². The number of nitrogens with zero attached hydrogens (tertiary/aromatic N) is 4. The zero-order chi connectivity index (χ0) is 30.4. The lowest BCUT2D eigenvalue weighted by Crippen LogP contribution is -2.33. The summed E-state index contributed by atoms with van der Waals surface area (Å²) in [6, 6.07) is 9.50. The molecule has 1 aromatic carbocycles. The largest absolute Gasteiger partial charge is 0.493 e. The summed E-state index contributed by atoms with van der Waals surface area (Å²) in [5.41, 5.74) is 0.353. The zero-order valence-corrected chi connectivity index (χ0v) is 24.5. The molecule has 0 aliphatic rings. The van der Waals surface area contributed by atoms with Crippen LogP contribution in [0.5, 0.6) is 17.2 Å². The number of hydrogen-bond donors (Lipinski definition) is 0. The van der Waals surface area contributed by atoms with E-state index in [9.17, 15) is 14.4 Å². The van der Waals surface area contributed by atoms with E-state index in [1.807, 2.05) is 13.8 Å². The van der Waals surface area contributed by atoms with Gasteiger partial charge in [-0.1, -0.05) is 6.07 Å². The first-order chi connectivity index (χ1) is 20.2. The van der Waals surface area contributed by atoms with Crippen molar-refractivity contribution in [2.75, 3.05) is 34.5 Å². The summed E-state index contributed by atoms with van der Waals surface area (Å²) < 4.78 is 30.2. The van der Waals surface area contributed by atoms with E-state index in [0.29, 0.717) is 24.4 Å². The van der Waals surface area contributed by atoms with E-state index in [1.165, 1.54) is 43.9 Å². The van der Waals surface area contributed by atoms with Crippen molar-refractivity contribution in [2.24, 2.45) is 4.99 Å². The van der Waals surface area contributed by atoms with Crippen molar-refractivity contribution >= 4 is 28.6 Å². The van der Waals surface area contributed by atoms with Crippen LogP contribution in [0.3, 0.4) is 0 Å². The molecule has 0 saturated carbocycles. The van der Waals surface area contributed by atoms with Crippen LogP contribution >= 0.6 is 0 Å². The number of amides is 1. The van der Waals surface area contributed by atoms with E-state index in [1.54, 1.807) is 35.9 Å². The third-order valence-electron chi connectivity index (χ3n) is 6.38. The van der Waals surface area contributed by atoms with Crippen LogP contribution in [0.25, 0.3) is 16.7 Å². The molecule has 0 aliphatic carbocycles. The molecule has 3 aromatic heterocycles. The number of benzene rings is 1. The Bertz CT molecular complexity index is 1730. The summed E-state index contributed by atoms with van der Waals surface area (Å²) in [5.74, 6) is -0.588. The average molecular weight is 579 g/mol. The van der Waals surface area contributed by atoms with Crippen molar-refractivity contribution in [3.8, 4) is 17.2 Å². The van der Waals surface area contributed by atoms with E-state index >= 15 is 0 Å². The van der Waals surface area contributed by atoms with Gasteiger partial charge in [-0.15, -0.1) is 0 Å². The summed E-state index contributed by atoms with van der Waals surface area (Å²) in [6.07, 6.45) is 2.09. The lowest BCUT2D eigenvalue weighted by atomic mass is 10.1. The summed E-state index contributed by atoms with van der Waals surface area (Å²) >= 11 is 0. The van der Waals surface area contributed by atoms with Gasteiger partial charge in [0.05, 0.1) is 39.4 Å². The Hall–Kier alpha value is -4.71. The summed E-state index contributed by atoms with van der Waals surface area (Å²) in [5, 5.41) is 0.172. The lowest BCUT2D eigenvalue weighted by Gasteiger charge is -2.16. The van der Waals surface area contributed by atoms with Crippen molar-refractivity contribution in [1.82, 2.24) is 14.0 Å². The quantitative estimate of drug-likeness (QED) is 0.149. The molecule has 42 heavy (non-hydrogen) atoms. The highest BCUT2D eigenvalue weighted by Crippen LogP contribution is 2.38. The molecule has 0 aliphatic heterocycles. The van der Waals surface area contributed by atoms with Gasteiger partial charge < -0.3 is 28.3 Å². The van der Waals surface area contributed by atoms with Crippen LogP contribution in [0.4, 0.5) is 0 Å². The number of hydrogen-bond acceptors (Lipinski definition) is 9. The molecule has 0 fully saturated rings. The number of methoxy groups -OCH3 is 3. The molecule has 3 heterocycles. The van der Waals surface area contributed by atoms with Crippen molar-refractivity contribution in [3.05, 3.63) is 69.6 Å². The van der Waals surface area contributed by atoms with Gasteiger partial charge in [-0.2, -0.15) is 4.99 Å². The van der Waals surface area contributed by atoms with E-state index < -0.39 is 11.9 Å². The van der Waals surface area contributed by atoms with E-state index in [4.69, 9.17) is 28.7 Å². The van der Waals surface area contributed by atoms with Gasteiger partial charge in [0.15, 0.2) is 17.0 Å². The highest BCUT2D eigenvalue weighted by atomic mass is 16.5. The molecule has 12 heteroatoms. The summed E-state index contributed by atoms with van der Waals surface area (Å²) in [4.78, 5) is 49.6. The Labute approximate surface area is 242 Å². The van der Waals surface area contributed by atoms with Crippen molar-refractivity contribution < 1.29 is 33.3 Å². The maximum atomic E-state index is 13.7. The molecule has 0 unspecified atom stereocenters. The number of rotatable bonds is 11. The first kappa shape index (κ1) is 30.3. The van der Waals surface area contributed by atoms with Crippen LogP contribution in [0.1, 0.15) is 47.9 Å². The van der Waals surface area contributed by atoms with Crippen LogP contribution in [0.15, 0.2) is 52.4 Å². The molecule has 0 N–H and O–H groups in total. The first-order valence-electron chi connectivity index (χ1n) is 13.5. The van der Waals surface area contributed by atoms with Gasteiger partial charge in [0, 0.05) is 24.9 Å². The standard InChI is InChI=1S/C30H34N4O8/c1-7-41-30(37)21-17-20-26(31-24-11-8-9-12-33(24)29(20)36)34(13-10-14-42-18(2)3)27(21)32-28(35)19-15-22(38-4)25(40-6)23(16-19)39-5/h8-9,11-12,15-18H,7,10,13-14H2,1-6H3. The van der Waals surface area contributed by atoms with E-state index in [0.717, 1.165) is 0 Å². The molecule has 0 bridgehead atoms. The number of ether oxygens (including phenoxy) is 5. The second-order valence-electron chi connectivity index (χ2n) is 9.44. The van der Waals surface area contributed by atoms with E-state index in [-0.39, 0.29) is 64.0 Å². The molecular formula is C30H34N4O8. The minimum absolute atomic E-state index is 0.00331. The molecule has 0 atom stereocenters. The molecule has 0 radical (unpaired) electrons. The number of carbonyl (C=O) groups is 2. The fraction of sp³-hybridized carbons (Fsp3) is 0.367. The molecule has 4 rings (SSSR count). The second kappa shape index (κ2) is 13.3. The Kier molecular flexibility index (Phi) is 9.58. The summed E-state index contributed by atoms with van der Waals surface area (Å²) in [6.45, 7) is 6.23. The fourth-order valence-electron chi connectivity index (χ4n) is 4.48. The maximum absolute atomic E-state index is 13.7. The SMILES string of the molecule is CCOC(=O)c1cc2c(=O)n3ccccc3nc2n(CCCOC(C)C)c1=NC(=O)c1cc(OC)c(OC)c(OC)c1. The lowest BCUT2D eigenvalue weighted by molar-refractivity contribution is 0.0523. The smallest absolute Gasteiger partial charge is 0.341 e. The van der Waals surface area contributed by atoms with Crippen LogP contribution in [0.2, 0.25) is 0 Å². The summed E-state index contributed by atoms with van der Waals surface area (Å²) in [7, 11) is 4.33. The fourth-order valence-corrected chi connectivity index (χ4v) is 4.48. The third-order valence-corrected chi connectivity index (χ3v) is 6.38. The molecule has 222 valence electrons. The Balaban J connectivity index is 2.04. The number of aromatic nitrogens is 3. The first-order valence-corrected chi connectivity index (χ1v) is 13.5. The topological polar surface area (TPSA) is 132 Å². The van der Waals surface area contributed by atoms with Gasteiger partial charge in [0.1, 0.15) is 16.9 Å². The second-order valence-corrected chi connectivity index (χ2v) is 9.44.